The van der Waals surface area contributed by atoms with Gasteiger partial charge < -0.3 is 10.5 Å². The molecular weight excluding hydrogens is 264 g/mol. The first kappa shape index (κ1) is 14.3. The largest absolute Gasteiger partial charge is 0.497 e. The number of hydrogen-bond acceptors (Lipinski definition) is 4. The summed E-state index contributed by atoms with van der Waals surface area (Å²) in [7, 11) is -1.83. The summed E-state index contributed by atoms with van der Waals surface area (Å²) in [6.45, 7) is 1.63. The van der Waals surface area contributed by atoms with E-state index in [0.29, 0.717) is 36.7 Å². The first-order chi connectivity index (χ1) is 9.09. The Hall–Kier alpha value is -1.11. The monoisotopic (exact) mass is 284 g/mol. The van der Waals surface area contributed by atoms with Crippen LogP contribution in [0.4, 0.5) is 0 Å². The molecule has 5 nitrogen and oxygen atoms in total. The molecule has 19 heavy (non-hydrogen) atoms. The van der Waals surface area contributed by atoms with Crippen molar-refractivity contribution in [3.8, 4) is 5.75 Å². The number of benzene rings is 1. The molecule has 0 amide bonds. The highest BCUT2D eigenvalue weighted by Gasteiger charge is 2.29. The van der Waals surface area contributed by atoms with Crippen LogP contribution in [0.15, 0.2) is 23.1 Å². The van der Waals surface area contributed by atoms with E-state index in [2.05, 4.69) is 0 Å². The van der Waals surface area contributed by atoms with E-state index < -0.39 is 10.0 Å². The molecule has 0 saturated carbocycles. The van der Waals surface area contributed by atoms with Gasteiger partial charge >= 0.3 is 0 Å². The molecule has 1 saturated heterocycles. The van der Waals surface area contributed by atoms with Crippen molar-refractivity contribution in [1.82, 2.24) is 4.31 Å². The summed E-state index contributed by atoms with van der Waals surface area (Å²) in [5.74, 6) is 0.656. The second kappa shape index (κ2) is 5.90. The molecule has 106 valence electrons. The summed E-state index contributed by atoms with van der Waals surface area (Å²) in [5.41, 5.74) is 6.30. The van der Waals surface area contributed by atoms with Crippen molar-refractivity contribution in [2.45, 2.75) is 24.2 Å². The van der Waals surface area contributed by atoms with Gasteiger partial charge in [-0.3, -0.25) is 0 Å². The summed E-state index contributed by atoms with van der Waals surface area (Å²) in [5, 5.41) is 0. The number of hydrogen-bond donors (Lipinski definition) is 1. The molecule has 0 radical (unpaired) electrons. The molecule has 2 N–H and O–H groups in total. The third kappa shape index (κ3) is 2.91. The molecular formula is C13H20N2O3S. The fourth-order valence-electron chi connectivity index (χ4n) is 2.35. The fourth-order valence-corrected chi connectivity index (χ4v) is 4.10. The fraction of sp³-hybridized carbons (Fsp3) is 0.538. The van der Waals surface area contributed by atoms with Crippen molar-refractivity contribution in [2.24, 2.45) is 5.73 Å². The van der Waals surface area contributed by atoms with E-state index in [1.807, 2.05) is 0 Å². The molecule has 6 heteroatoms. The quantitative estimate of drug-likeness (QED) is 0.875. The highest BCUT2D eigenvalue weighted by atomic mass is 32.2. The number of methoxy groups -OCH3 is 1. The maximum atomic E-state index is 12.6. The van der Waals surface area contributed by atoms with E-state index in [1.165, 1.54) is 0 Å². The van der Waals surface area contributed by atoms with Gasteiger partial charge in [-0.15, -0.1) is 0 Å². The van der Waals surface area contributed by atoms with E-state index in [4.69, 9.17) is 10.5 Å². The maximum absolute atomic E-state index is 12.6. The molecule has 2 rings (SSSR count). The maximum Gasteiger partial charge on any atom is 0.243 e. The lowest BCUT2D eigenvalue weighted by Gasteiger charge is -2.18. The van der Waals surface area contributed by atoms with Crippen molar-refractivity contribution in [1.29, 1.82) is 0 Å². The Morgan fingerprint density at radius 3 is 2.58 bits per heavy atom. The van der Waals surface area contributed by atoms with Crippen molar-refractivity contribution >= 4 is 10.0 Å². The molecule has 0 aromatic heterocycles. The Balaban J connectivity index is 2.42. The van der Waals surface area contributed by atoms with Gasteiger partial charge in [0.2, 0.25) is 10.0 Å². The Kier molecular flexibility index (Phi) is 4.44. The highest BCUT2D eigenvalue weighted by Crippen LogP contribution is 2.27. The van der Waals surface area contributed by atoms with Crippen LogP contribution < -0.4 is 10.5 Å². The molecule has 1 heterocycles. The number of rotatable bonds is 5. The van der Waals surface area contributed by atoms with Gasteiger partial charge in [0.25, 0.3) is 0 Å². The molecule has 0 spiro atoms. The van der Waals surface area contributed by atoms with Crippen LogP contribution in [0.2, 0.25) is 0 Å². The number of sulfonamides is 1. The second-order valence-corrected chi connectivity index (χ2v) is 6.53. The molecule has 0 aliphatic carbocycles. The summed E-state index contributed by atoms with van der Waals surface area (Å²) in [6, 6.07) is 5.07. The second-order valence-electron chi connectivity index (χ2n) is 4.62. The van der Waals surface area contributed by atoms with Crippen molar-refractivity contribution in [3.05, 3.63) is 23.8 Å². The minimum atomic E-state index is -3.39. The zero-order chi connectivity index (χ0) is 13.9. The lowest BCUT2D eigenvalue weighted by atomic mass is 10.1. The number of nitrogens with two attached hydrogens (primary N) is 1. The molecule has 1 aliphatic heterocycles. The average molecular weight is 284 g/mol. The Morgan fingerprint density at radius 1 is 1.32 bits per heavy atom. The predicted molar refractivity (Wildman–Crippen MR) is 73.7 cm³/mol. The van der Waals surface area contributed by atoms with Gasteiger partial charge in [0.15, 0.2) is 0 Å². The van der Waals surface area contributed by atoms with Crippen LogP contribution in [0.5, 0.6) is 5.75 Å². The zero-order valence-corrected chi connectivity index (χ0v) is 11.9. The molecule has 1 aromatic rings. The van der Waals surface area contributed by atoms with Crippen LogP contribution >= 0.6 is 0 Å². The summed E-state index contributed by atoms with van der Waals surface area (Å²) in [6.07, 6.45) is 2.39. The van der Waals surface area contributed by atoms with Crippen LogP contribution in [0.1, 0.15) is 18.4 Å². The van der Waals surface area contributed by atoms with Gasteiger partial charge in [-0.05, 0) is 49.6 Å². The summed E-state index contributed by atoms with van der Waals surface area (Å²) in [4.78, 5) is 0.362. The first-order valence-corrected chi connectivity index (χ1v) is 7.90. The molecule has 0 bridgehead atoms. The smallest absolute Gasteiger partial charge is 0.243 e. The van der Waals surface area contributed by atoms with Gasteiger partial charge in [-0.25, -0.2) is 8.42 Å². The van der Waals surface area contributed by atoms with Crippen molar-refractivity contribution < 1.29 is 13.2 Å². The number of nitrogens with zero attached hydrogens (tertiary/aromatic N) is 1. The van der Waals surface area contributed by atoms with Gasteiger partial charge in [-0.2, -0.15) is 4.31 Å². The van der Waals surface area contributed by atoms with E-state index in [-0.39, 0.29) is 0 Å². The lowest BCUT2D eigenvalue weighted by molar-refractivity contribution is 0.413. The highest BCUT2D eigenvalue weighted by molar-refractivity contribution is 7.89. The van der Waals surface area contributed by atoms with Crippen LogP contribution in [-0.2, 0) is 16.4 Å². The van der Waals surface area contributed by atoms with Gasteiger partial charge in [0.1, 0.15) is 5.75 Å². The van der Waals surface area contributed by atoms with Crippen LogP contribution in [0.3, 0.4) is 0 Å². The van der Waals surface area contributed by atoms with Gasteiger partial charge in [0, 0.05) is 13.1 Å². The average Bonchev–Trinajstić information content (AvgIpc) is 2.93. The molecule has 1 aliphatic rings. The SMILES string of the molecule is COc1ccc(S(=O)(=O)N2CCCC2)c(CCN)c1. The third-order valence-electron chi connectivity index (χ3n) is 3.36. The standard InChI is InChI=1S/C13H20N2O3S/c1-18-12-4-5-13(11(10-12)6-7-14)19(16,17)15-8-2-3-9-15/h4-5,10H,2-3,6-9,14H2,1H3. The Bertz CT molecular complexity index is 537. The molecule has 0 unspecified atom stereocenters. The normalized spacial score (nSPS) is 16.7. The summed E-state index contributed by atoms with van der Waals surface area (Å²) >= 11 is 0. The van der Waals surface area contributed by atoms with Crippen LogP contribution in [0, 0.1) is 0 Å². The molecule has 0 atom stereocenters. The van der Waals surface area contributed by atoms with Gasteiger partial charge in [0.05, 0.1) is 12.0 Å². The lowest BCUT2D eigenvalue weighted by Crippen LogP contribution is -2.29. The third-order valence-corrected chi connectivity index (χ3v) is 5.36. The summed E-state index contributed by atoms with van der Waals surface area (Å²) < 4.78 is 31.8. The predicted octanol–water partition coefficient (Wildman–Crippen LogP) is 0.981. The molecule has 1 aromatic carbocycles. The van der Waals surface area contributed by atoms with E-state index >= 15 is 0 Å². The Morgan fingerprint density at radius 2 is 2.00 bits per heavy atom. The van der Waals surface area contributed by atoms with E-state index in [1.54, 1.807) is 29.6 Å². The number of ether oxygens (including phenoxy) is 1. The first-order valence-electron chi connectivity index (χ1n) is 6.46. The minimum Gasteiger partial charge on any atom is -0.497 e. The van der Waals surface area contributed by atoms with Gasteiger partial charge in [-0.1, -0.05) is 0 Å². The van der Waals surface area contributed by atoms with Crippen LogP contribution in [-0.4, -0.2) is 39.5 Å². The molecule has 1 fully saturated rings. The Labute approximate surface area is 114 Å². The van der Waals surface area contributed by atoms with Crippen molar-refractivity contribution in [3.63, 3.8) is 0 Å². The van der Waals surface area contributed by atoms with Crippen molar-refractivity contribution in [2.75, 3.05) is 26.7 Å². The zero-order valence-electron chi connectivity index (χ0n) is 11.1. The van der Waals surface area contributed by atoms with E-state index in [0.717, 1.165) is 18.4 Å². The topological polar surface area (TPSA) is 72.6 Å². The minimum absolute atomic E-state index is 0.362. The van der Waals surface area contributed by atoms with E-state index in [9.17, 15) is 8.42 Å². The van der Waals surface area contributed by atoms with Crippen LogP contribution in [0.25, 0.3) is 0 Å².